The Morgan fingerprint density at radius 2 is 2.27 bits per heavy atom. The second-order valence-corrected chi connectivity index (χ2v) is 5.81. The van der Waals surface area contributed by atoms with Gasteiger partial charge < -0.3 is 15.0 Å². The van der Waals surface area contributed by atoms with Gasteiger partial charge >= 0.3 is 0 Å². The van der Waals surface area contributed by atoms with Gasteiger partial charge in [0.05, 0.1) is 25.2 Å². The zero-order valence-corrected chi connectivity index (χ0v) is 13.4. The summed E-state index contributed by atoms with van der Waals surface area (Å²) in [6.07, 6.45) is 3.28. The molecule has 2 rings (SSSR count). The van der Waals surface area contributed by atoms with Crippen molar-refractivity contribution in [1.29, 1.82) is 0 Å². The monoisotopic (exact) mass is 308 g/mol. The first-order valence-electron chi connectivity index (χ1n) is 7.68. The minimum absolute atomic E-state index is 0.123. The molecule has 1 N–H and O–H groups in total. The van der Waals surface area contributed by atoms with Crippen LogP contribution in [0.25, 0.3) is 0 Å². The van der Waals surface area contributed by atoms with Crippen LogP contribution in [0.3, 0.4) is 0 Å². The molecule has 122 valence electrons. The van der Waals surface area contributed by atoms with Crippen LogP contribution >= 0.6 is 0 Å². The summed E-state index contributed by atoms with van der Waals surface area (Å²) < 4.78 is 7.24. The maximum absolute atomic E-state index is 12.1. The Morgan fingerprint density at radius 3 is 2.95 bits per heavy atom. The highest BCUT2D eigenvalue weighted by molar-refractivity contribution is 5.87. The first kappa shape index (κ1) is 16.5. The van der Waals surface area contributed by atoms with Gasteiger partial charge in [0.15, 0.2) is 5.82 Å². The molecule has 0 spiro atoms. The SMILES string of the molecule is CC(=O)Nc1ccn([C@H]2CCN(C(=O)CCOC(C)C)C2)n1. The Labute approximate surface area is 130 Å². The van der Waals surface area contributed by atoms with E-state index in [0.717, 1.165) is 13.0 Å². The fourth-order valence-electron chi connectivity index (χ4n) is 2.51. The topological polar surface area (TPSA) is 76.5 Å². The Morgan fingerprint density at radius 1 is 1.50 bits per heavy atom. The third-order valence-corrected chi connectivity index (χ3v) is 3.57. The maximum atomic E-state index is 12.1. The summed E-state index contributed by atoms with van der Waals surface area (Å²) in [6.45, 7) is 7.23. The molecule has 1 atom stereocenters. The van der Waals surface area contributed by atoms with E-state index in [1.807, 2.05) is 29.6 Å². The molecule has 1 fully saturated rings. The van der Waals surface area contributed by atoms with E-state index in [1.54, 1.807) is 6.07 Å². The lowest BCUT2D eigenvalue weighted by atomic mass is 10.3. The highest BCUT2D eigenvalue weighted by atomic mass is 16.5. The molecule has 0 saturated carbocycles. The molecule has 0 radical (unpaired) electrons. The van der Waals surface area contributed by atoms with Gasteiger partial charge in [0.1, 0.15) is 0 Å². The van der Waals surface area contributed by atoms with Crippen molar-refractivity contribution in [2.24, 2.45) is 0 Å². The summed E-state index contributed by atoms with van der Waals surface area (Å²) in [5.41, 5.74) is 0. The van der Waals surface area contributed by atoms with Crippen LogP contribution in [0, 0.1) is 0 Å². The van der Waals surface area contributed by atoms with Gasteiger partial charge in [-0.2, -0.15) is 5.10 Å². The molecule has 1 aliphatic heterocycles. The first-order chi connectivity index (χ1) is 10.5. The number of amides is 2. The molecule has 0 aliphatic carbocycles. The van der Waals surface area contributed by atoms with Crippen LogP contribution in [0.2, 0.25) is 0 Å². The zero-order chi connectivity index (χ0) is 16.1. The minimum Gasteiger partial charge on any atom is -0.378 e. The van der Waals surface area contributed by atoms with E-state index < -0.39 is 0 Å². The number of anilines is 1. The number of rotatable bonds is 6. The summed E-state index contributed by atoms with van der Waals surface area (Å²) in [6, 6.07) is 1.93. The molecule has 0 bridgehead atoms. The molecule has 22 heavy (non-hydrogen) atoms. The number of hydrogen-bond acceptors (Lipinski definition) is 4. The molecule has 1 saturated heterocycles. The van der Waals surface area contributed by atoms with Gasteiger partial charge in [0.2, 0.25) is 11.8 Å². The number of nitrogens with zero attached hydrogens (tertiary/aromatic N) is 3. The summed E-state index contributed by atoms with van der Waals surface area (Å²) in [5.74, 6) is 0.527. The van der Waals surface area contributed by atoms with Crippen molar-refractivity contribution in [2.45, 2.75) is 45.8 Å². The van der Waals surface area contributed by atoms with E-state index in [-0.39, 0.29) is 24.0 Å². The molecule has 1 aromatic heterocycles. The van der Waals surface area contributed by atoms with Gasteiger partial charge in [-0.1, -0.05) is 0 Å². The van der Waals surface area contributed by atoms with Crippen LogP contribution in [-0.4, -0.2) is 52.3 Å². The van der Waals surface area contributed by atoms with Crippen molar-refractivity contribution >= 4 is 17.6 Å². The highest BCUT2D eigenvalue weighted by Crippen LogP contribution is 2.22. The highest BCUT2D eigenvalue weighted by Gasteiger charge is 2.27. The lowest BCUT2D eigenvalue weighted by molar-refractivity contribution is -0.131. The normalized spacial score (nSPS) is 18.0. The van der Waals surface area contributed by atoms with E-state index in [0.29, 0.717) is 25.4 Å². The molecule has 1 aliphatic rings. The molecule has 2 amide bonds. The van der Waals surface area contributed by atoms with Gasteiger partial charge in [-0.3, -0.25) is 14.3 Å². The predicted molar refractivity (Wildman–Crippen MR) is 82.5 cm³/mol. The second kappa shape index (κ2) is 7.40. The summed E-state index contributed by atoms with van der Waals surface area (Å²) in [4.78, 5) is 25.0. The van der Waals surface area contributed by atoms with Crippen molar-refractivity contribution in [1.82, 2.24) is 14.7 Å². The number of hydrogen-bond donors (Lipinski definition) is 1. The van der Waals surface area contributed by atoms with Crippen LogP contribution in [0.5, 0.6) is 0 Å². The molecular weight excluding hydrogens is 284 g/mol. The van der Waals surface area contributed by atoms with Gasteiger partial charge in [0.25, 0.3) is 0 Å². The summed E-state index contributed by atoms with van der Waals surface area (Å²) >= 11 is 0. The first-order valence-corrected chi connectivity index (χ1v) is 7.68. The number of likely N-dealkylation sites (tertiary alicyclic amines) is 1. The number of carbonyl (C=O) groups is 2. The lowest BCUT2D eigenvalue weighted by Gasteiger charge is -2.17. The Hall–Kier alpha value is -1.89. The minimum atomic E-state index is -0.140. The average Bonchev–Trinajstić information content (AvgIpc) is 3.05. The van der Waals surface area contributed by atoms with Gasteiger partial charge in [-0.15, -0.1) is 0 Å². The van der Waals surface area contributed by atoms with Crippen molar-refractivity contribution in [3.8, 4) is 0 Å². The largest absolute Gasteiger partial charge is 0.378 e. The Balaban J connectivity index is 1.83. The number of ether oxygens (including phenoxy) is 1. The number of nitrogens with one attached hydrogen (secondary N) is 1. The quantitative estimate of drug-likeness (QED) is 0.862. The average molecular weight is 308 g/mol. The van der Waals surface area contributed by atoms with Crippen molar-refractivity contribution in [3.63, 3.8) is 0 Å². The van der Waals surface area contributed by atoms with Crippen LogP contribution in [0.4, 0.5) is 5.82 Å². The van der Waals surface area contributed by atoms with Crippen molar-refractivity contribution < 1.29 is 14.3 Å². The smallest absolute Gasteiger partial charge is 0.224 e. The van der Waals surface area contributed by atoms with E-state index in [1.165, 1.54) is 6.92 Å². The van der Waals surface area contributed by atoms with E-state index in [4.69, 9.17) is 4.74 Å². The molecule has 7 nitrogen and oxygen atoms in total. The van der Waals surface area contributed by atoms with Crippen LogP contribution in [0.1, 0.15) is 39.7 Å². The second-order valence-electron chi connectivity index (χ2n) is 5.81. The van der Waals surface area contributed by atoms with Crippen LogP contribution in [-0.2, 0) is 14.3 Å². The van der Waals surface area contributed by atoms with E-state index in [9.17, 15) is 9.59 Å². The third kappa shape index (κ3) is 4.56. The number of carbonyl (C=O) groups excluding carboxylic acids is 2. The lowest BCUT2D eigenvalue weighted by Crippen LogP contribution is -2.30. The molecule has 0 aromatic carbocycles. The zero-order valence-electron chi connectivity index (χ0n) is 13.4. The standard InChI is InChI=1S/C15H24N4O3/c1-11(2)22-9-6-15(21)18-7-4-13(10-18)19-8-5-14(17-19)16-12(3)20/h5,8,11,13H,4,6-7,9-10H2,1-3H3,(H,16,17,20)/t13-/m0/s1. The molecule has 7 heteroatoms. The molecular formula is C15H24N4O3. The van der Waals surface area contributed by atoms with Crippen LogP contribution < -0.4 is 5.32 Å². The van der Waals surface area contributed by atoms with Crippen LogP contribution in [0.15, 0.2) is 12.3 Å². The molecule has 1 aromatic rings. The molecule has 2 heterocycles. The Kier molecular flexibility index (Phi) is 5.54. The fraction of sp³-hybridized carbons (Fsp3) is 0.667. The predicted octanol–water partition coefficient (Wildman–Crippen LogP) is 1.43. The summed E-state index contributed by atoms with van der Waals surface area (Å²) in [5, 5.41) is 6.99. The van der Waals surface area contributed by atoms with Crippen molar-refractivity contribution in [3.05, 3.63) is 12.3 Å². The van der Waals surface area contributed by atoms with Crippen molar-refractivity contribution in [2.75, 3.05) is 25.0 Å². The third-order valence-electron chi connectivity index (χ3n) is 3.57. The van der Waals surface area contributed by atoms with Gasteiger partial charge in [-0.05, 0) is 20.3 Å². The maximum Gasteiger partial charge on any atom is 0.224 e. The Bertz CT molecular complexity index is 527. The number of aromatic nitrogens is 2. The molecule has 0 unspecified atom stereocenters. The van der Waals surface area contributed by atoms with Gasteiger partial charge in [-0.25, -0.2) is 0 Å². The summed E-state index contributed by atoms with van der Waals surface area (Å²) in [7, 11) is 0. The van der Waals surface area contributed by atoms with E-state index in [2.05, 4.69) is 10.4 Å². The fourth-order valence-corrected chi connectivity index (χ4v) is 2.51. The van der Waals surface area contributed by atoms with E-state index >= 15 is 0 Å². The van der Waals surface area contributed by atoms with Gasteiger partial charge in [0, 0.05) is 32.3 Å².